The highest BCUT2D eigenvalue weighted by Crippen LogP contribution is 2.17. The van der Waals surface area contributed by atoms with E-state index in [9.17, 15) is 4.79 Å². The van der Waals surface area contributed by atoms with Crippen molar-refractivity contribution in [2.75, 3.05) is 5.32 Å². The second kappa shape index (κ2) is 6.80. The van der Waals surface area contributed by atoms with Gasteiger partial charge in [-0.25, -0.2) is 4.68 Å². The summed E-state index contributed by atoms with van der Waals surface area (Å²) in [4.78, 5) is 12.5. The molecule has 0 atom stereocenters. The summed E-state index contributed by atoms with van der Waals surface area (Å²) in [6.07, 6.45) is 0. The quantitative estimate of drug-likeness (QED) is 0.609. The fourth-order valence-corrected chi connectivity index (χ4v) is 2.83. The zero-order chi connectivity index (χ0) is 17.9. The number of nitrogens with one attached hydrogen (secondary N) is 1. The molecule has 1 aromatic heterocycles. The average Bonchev–Trinajstić information content (AvgIpc) is 3.06. The first kappa shape index (κ1) is 16.0. The largest absolute Gasteiger partial charge is 0.322 e. The van der Waals surface area contributed by atoms with Gasteiger partial charge in [0.25, 0.3) is 5.91 Å². The number of hydrogen-bond donors (Lipinski definition) is 1. The Morgan fingerprint density at radius 2 is 1.77 bits per heavy atom. The Balaban J connectivity index is 1.56. The molecule has 1 N–H and O–H groups in total. The van der Waals surface area contributed by atoms with Gasteiger partial charge in [0.15, 0.2) is 0 Å². The lowest BCUT2D eigenvalue weighted by atomic mass is 10.1. The molecule has 0 saturated heterocycles. The molecule has 0 aliphatic heterocycles. The molecule has 0 saturated carbocycles. The molecule has 0 aliphatic rings. The van der Waals surface area contributed by atoms with E-state index in [1.807, 2.05) is 60.1 Å². The molecule has 4 rings (SSSR count). The number of aromatic nitrogens is 3. The van der Waals surface area contributed by atoms with Gasteiger partial charge >= 0.3 is 0 Å². The van der Waals surface area contributed by atoms with Crippen LogP contribution in [0, 0.1) is 6.92 Å². The predicted octanol–water partition coefficient (Wildman–Crippen LogP) is 4.04. The second-order valence-corrected chi connectivity index (χ2v) is 6.26. The summed E-state index contributed by atoms with van der Waals surface area (Å²) in [6, 6.07) is 23.3. The monoisotopic (exact) mass is 342 g/mol. The summed E-state index contributed by atoms with van der Waals surface area (Å²) >= 11 is 0. The Morgan fingerprint density at radius 1 is 1.00 bits per heavy atom. The van der Waals surface area contributed by atoms with Gasteiger partial charge in [-0.05, 0) is 42.8 Å². The van der Waals surface area contributed by atoms with Gasteiger partial charge in [0.1, 0.15) is 5.52 Å². The van der Waals surface area contributed by atoms with Gasteiger partial charge < -0.3 is 5.32 Å². The summed E-state index contributed by atoms with van der Waals surface area (Å²) in [7, 11) is 0. The fraction of sp³-hybridized carbons (Fsp3) is 0.0952. The molecule has 1 heterocycles. The third-order valence-electron chi connectivity index (χ3n) is 4.26. The van der Waals surface area contributed by atoms with Crippen molar-refractivity contribution in [3.63, 3.8) is 0 Å². The number of anilines is 1. The summed E-state index contributed by atoms with van der Waals surface area (Å²) in [5.74, 6) is -0.159. The third kappa shape index (κ3) is 3.32. The molecular formula is C21H18N4O. The zero-order valence-electron chi connectivity index (χ0n) is 14.4. The highest BCUT2D eigenvalue weighted by molar-refractivity contribution is 6.05. The van der Waals surface area contributed by atoms with Crippen molar-refractivity contribution in [3.8, 4) is 0 Å². The molecule has 0 unspecified atom stereocenters. The van der Waals surface area contributed by atoms with Gasteiger partial charge in [-0.3, -0.25) is 4.79 Å². The van der Waals surface area contributed by atoms with Crippen LogP contribution < -0.4 is 5.32 Å². The normalized spacial score (nSPS) is 10.8. The molecule has 5 heteroatoms. The molecule has 26 heavy (non-hydrogen) atoms. The van der Waals surface area contributed by atoms with Gasteiger partial charge in [0.2, 0.25) is 0 Å². The molecule has 0 spiro atoms. The van der Waals surface area contributed by atoms with Gasteiger partial charge in [-0.2, -0.15) is 0 Å². The number of carbonyl (C=O) groups is 1. The lowest BCUT2D eigenvalue weighted by molar-refractivity contribution is 0.102. The van der Waals surface area contributed by atoms with Crippen LogP contribution >= 0.6 is 0 Å². The van der Waals surface area contributed by atoms with E-state index in [2.05, 4.69) is 27.8 Å². The van der Waals surface area contributed by atoms with Crippen molar-refractivity contribution >= 4 is 22.6 Å². The Hall–Kier alpha value is -3.47. The van der Waals surface area contributed by atoms with E-state index >= 15 is 0 Å². The highest BCUT2D eigenvalue weighted by atomic mass is 16.1. The Morgan fingerprint density at radius 3 is 2.54 bits per heavy atom. The molecule has 5 nitrogen and oxygen atoms in total. The maximum absolute atomic E-state index is 12.5. The molecular weight excluding hydrogens is 324 g/mol. The summed E-state index contributed by atoms with van der Waals surface area (Å²) < 4.78 is 1.84. The number of fused-ring (bicyclic) bond motifs is 1. The van der Waals surface area contributed by atoms with Crippen molar-refractivity contribution < 1.29 is 4.79 Å². The Labute approximate surface area is 151 Å². The second-order valence-electron chi connectivity index (χ2n) is 6.26. The first-order valence-corrected chi connectivity index (χ1v) is 8.44. The first-order chi connectivity index (χ1) is 12.7. The van der Waals surface area contributed by atoms with Gasteiger partial charge in [0.05, 0.1) is 12.1 Å². The Bertz CT molecular complexity index is 1050. The molecule has 128 valence electrons. The number of nitrogens with zero attached hydrogens (tertiary/aromatic N) is 3. The molecule has 0 aliphatic carbocycles. The minimum absolute atomic E-state index is 0.159. The van der Waals surface area contributed by atoms with Crippen LogP contribution in [0.25, 0.3) is 11.0 Å². The van der Waals surface area contributed by atoms with Gasteiger partial charge in [-0.15, -0.1) is 5.10 Å². The topological polar surface area (TPSA) is 59.8 Å². The average molecular weight is 342 g/mol. The summed E-state index contributed by atoms with van der Waals surface area (Å²) in [5, 5.41) is 11.3. The molecule has 0 radical (unpaired) electrons. The van der Waals surface area contributed by atoms with Crippen LogP contribution in [0.5, 0.6) is 0 Å². The van der Waals surface area contributed by atoms with Crippen LogP contribution in [0.1, 0.15) is 21.5 Å². The van der Waals surface area contributed by atoms with Crippen LogP contribution in [0.4, 0.5) is 5.69 Å². The highest BCUT2D eigenvalue weighted by Gasteiger charge is 2.11. The van der Waals surface area contributed by atoms with Crippen molar-refractivity contribution in [3.05, 3.63) is 89.5 Å². The fourth-order valence-electron chi connectivity index (χ4n) is 2.83. The van der Waals surface area contributed by atoms with E-state index in [0.717, 1.165) is 22.3 Å². The predicted molar refractivity (Wildman–Crippen MR) is 102 cm³/mol. The maximum Gasteiger partial charge on any atom is 0.255 e. The minimum atomic E-state index is -0.159. The lowest BCUT2D eigenvalue weighted by Gasteiger charge is -2.06. The van der Waals surface area contributed by atoms with Crippen LogP contribution in [-0.4, -0.2) is 20.9 Å². The summed E-state index contributed by atoms with van der Waals surface area (Å²) in [5.41, 5.74) is 5.25. The van der Waals surface area contributed by atoms with Gasteiger partial charge in [0, 0.05) is 11.3 Å². The molecule has 0 bridgehead atoms. The minimum Gasteiger partial charge on any atom is -0.322 e. The molecule has 4 aromatic rings. The standard InChI is InChI=1S/C21H18N4O/c1-15-7-10-18(11-8-15)22-21(26)17-9-12-20-19(13-17)23-24-25(20)14-16-5-3-2-4-6-16/h2-13H,14H2,1H3,(H,22,26). The zero-order valence-corrected chi connectivity index (χ0v) is 14.4. The van der Waals surface area contributed by atoms with Crippen LogP contribution in [0.3, 0.4) is 0 Å². The van der Waals surface area contributed by atoms with E-state index in [1.54, 1.807) is 12.1 Å². The Kier molecular flexibility index (Phi) is 4.19. The SMILES string of the molecule is Cc1ccc(NC(=O)c2ccc3c(c2)nnn3Cc2ccccc2)cc1. The first-order valence-electron chi connectivity index (χ1n) is 8.44. The number of aryl methyl sites for hydroxylation is 1. The van der Waals surface area contributed by atoms with E-state index in [4.69, 9.17) is 0 Å². The molecule has 1 amide bonds. The van der Waals surface area contributed by atoms with Crippen LogP contribution in [-0.2, 0) is 6.54 Å². The van der Waals surface area contributed by atoms with Crippen LogP contribution in [0.2, 0.25) is 0 Å². The van der Waals surface area contributed by atoms with E-state index in [0.29, 0.717) is 17.6 Å². The summed E-state index contributed by atoms with van der Waals surface area (Å²) in [6.45, 7) is 2.66. The number of amides is 1. The van der Waals surface area contributed by atoms with E-state index in [1.165, 1.54) is 0 Å². The van der Waals surface area contributed by atoms with Crippen molar-refractivity contribution in [1.29, 1.82) is 0 Å². The number of carbonyl (C=O) groups excluding carboxylic acids is 1. The maximum atomic E-state index is 12.5. The van der Waals surface area contributed by atoms with Gasteiger partial charge in [-0.1, -0.05) is 53.2 Å². The number of rotatable bonds is 4. The van der Waals surface area contributed by atoms with E-state index < -0.39 is 0 Å². The van der Waals surface area contributed by atoms with Crippen LogP contribution in [0.15, 0.2) is 72.8 Å². The lowest BCUT2D eigenvalue weighted by Crippen LogP contribution is -2.11. The van der Waals surface area contributed by atoms with Crippen molar-refractivity contribution in [2.24, 2.45) is 0 Å². The number of benzene rings is 3. The third-order valence-corrected chi connectivity index (χ3v) is 4.26. The molecule has 0 fully saturated rings. The van der Waals surface area contributed by atoms with E-state index in [-0.39, 0.29) is 5.91 Å². The van der Waals surface area contributed by atoms with Crippen molar-refractivity contribution in [1.82, 2.24) is 15.0 Å². The van der Waals surface area contributed by atoms with Crippen molar-refractivity contribution in [2.45, 2.75) is 13.5 Å². The number of hydrogen-bond acceptors (Lipinski definition) is 3. The molecule has 3 aromatic carbocycles. The smallest absolute Gasteiger partial charge is 0.255 e.